The van der Waals surface area contributed by atoms with E-state index in [1.54, 1.807) is 19.1 Å². The summed E-state index contributed by atoms with van der Waals surface area (Å²) in [6.45, 7) is 1.63. The molecule has 3 heteroatoms. The van der Waals surface area contributed by atoms with Gasteiger partial charge >= 0.3 is 5.97 Å². The van der Waals surface area contributed by atoms with Gasteiger partial charge in [-0.05, 0) is 24.6 Å². The van der Waals surface area contributed by atoms with E-state index in [1.165, 1.54) is 12.1 Å². The van der Waals surface area contributed by atoms with Crippen molar-refractivity contribution in [1.29, 1.82) is 5.41 Å². The van der Waals surface area contributed by atoms with Crippen molar-refractivity contribution in [2.75, 3.05) is 0 Å². The summed E-state index contributed by atoms with van der Waals surface area (Å²) < 4.78 is 0. The monoisotopic (exact) mass is 163 g/mol. The summed E-state index contributed by atoms with van der Waals surface area (Å²) >= 11 is 0. The first-order chi connectivity index (χ1) is 5.61. The number of hydrogen-bond acceptors (Lipinski definition) is 2. The van der Waals surface area contributed by atoms with Gasteiger partial charge in [0.2, 0.25) is 0 Å². The molecule has 0 aliphatic heterocycles. The minimum Gasteiger partial charge on any atom is -0.478 e. The Bertz CT molecular complexity index is 302. The Morgan fingerprint density at radius 3 is 2.50 bits per heavy atom. The number of rotatable bonds is 2. The molecule has 0 heterocycles. The van der Waals surface area contributed by atoms with Crippen LogP contribution in [0.5, 0.6) is 0 Å². The van der Waals surface area contributed by atoms with Gasteiger partial charge in [0.1, 0.15) is 0 Å². The van der Waals surface area contributed by atoms with Gasteiger partial charge in [-0.2, -0.15) is 0 Å². The fourth-order valence-corrected chi connectivity index (χ4v) is 0.885. The molecule has 1 aromatic rings. The third kappa shape index (κ3) is 1.69. The van der Waals surface area contributed by atoms with Crippen molar-refractivity contribution in [2.45, 2.75) is 6.92 Å². The van der Waals surface area contributed by atoms with E-state index >= 15 is 0 Å². The number of carbonyl (C=O) groups is 1. The van der Waals surface area contributed by atoms with Gasteiger partial charge in [0.25, 0.3) is 0 Å². The molecule has 0 radical (unpaired) electrons. The van der Waals surface area contributed by atoms with Crippen LogP contribution in [-0.4, -0.2) is 16.8 Å². The molecular weight excluding hydrogens is 154 g/mol. The molecule has 0 unspecified atom stereocenters. The highest BCUT2D eigenvalue weighted by atomic mass is 16.4. The first-order valence-corrected chi connectivity index (χ1v) is 3.50. The topological polar surface area (TPSA) is 61.2 Å². The average molecular weight is 163 g/mol. The van der Waals surface area contributed by atoms with Crippen LogP contribution in [0.4, 0.5) is 0 Å². The minimum absolute atomic E-state index is 0.221. The highest BCUT2D eigenvalue weighted by molar-refractivity contribution is 5.98. The van der Waals surface area contributed by atoms with E-state index in [2.05, 4.69) is 0 Å². The van der Waals surface area contributed by atoms with Gasteiger partial charge in [0, 0.05) is 5.71 Å². The van der Waals surface area contributed by atoms with Crippen LogP contribution in [0.15, 0.2) is 24.3 Å². The third-order valence-electron chi connectivity index (χ3n) is 1.54. The summed E-state index contributed by atoms with van der Waals surface area (Å²) in [7, 11) is 0. The Hall–Kier alpha value is -1.64. The van der Waals surface area contributed by atoms with Gasteiger partial charge in [-0.1, -0.05) is 12.1 Å². The number of aromatic carboxylic acids is 1. The lowest BCUT2D eigenvalue weighted by Gasteiger charge is -1.98. The van der Waals surface area contributed by atoms with Gasteiger partial charge in [0.15, 0.2) is 0 Å². The van der Waals surface area contributed by atoms with Gasteiger partial charge in [-0.3, -0.25) is 0 Å². The molecule has 0 fully saturated rings. The van der Waals surface area contributed by atoms with Crippen molar-refractivity contribution in [2.24, 2.45) is 0 Å². The molecule has 0 saturated heterocycles. The summed E-state index contributed by atoms with van der Waals surface area (Å²) in [4.78, 5) is 10.5. The molecule has 0 amide bonds. The van der Waals surface area contributed by atoms with E-state index < -0.39 is 5.97 Å². The van der Waals surface area contributed by atoms with Crippen LogP contribution in [0.3, 0.4) is 0 Å². The summed E-state index contributed by atoms with van der Waals surface area (Å²) in [5.41, 5.74) is 1.24. The molecule has 1 rings (SSSR count). The zero-order chi connectivity index (χ0) is 9.14. The van der Waals surface area contributed by atoms with E-state index in [0.717, 1.165) is 0 Å². The van der Waals surface area contributed by atoms with Crippen LogP contribution in [-0.2, 0) is 0 Å². The lowest BCUT2D eigenvalue weighted by molar-refractivity contribution is 0.0697. The Balaban J connectivity index is 3.12. The Labute approximate surface area is 70.2 Å². The molecule has 0 bridgehead atoms. The number of carboxylic acids is 1. The average Bonchev–Trinajstić information content (AvgIpc) is 2.04. The Kier molecular flexibility index (Phi) is 2.24. The molecule has 0 spiro atoms. The normalized spacial score (nSPS) is 9.42. The van der Waals surface area contributed by atoms with Crippen LogP contribution in [0, 0.1) is 5.41 Å². The van der Waals surface area contributed by atoms with E-state index in [0.29, 0.717) is 11.3 Å². The van der Waals surface area contributed by atoms with Gasteiger partial charge in [-0.15, -0.1) is 0 Å². The standard InChI is InChI=1S/C9H9NO2/c1-6(10)7-3-2-4-8(5-7)9(11)12/h2-5,10H,1H3,(H,11,12). The van der Waals surface area contributed by atoms with Crippen molar-refractivity contribution in [1.82, 2.24) is 0 Å². The van der Waals surface area contributed by atoms with Crippen molar-refractivity contribution >= 4 is 11.7 Å². The predicted molar refractivity (Wildman–Crippen MR) is 45.9 cm³/mol. The number of hydrogen-bond donors (Lipinski definition) is 2. The SMILES string of the molecule is CC(=N)c1cccc(C(=O)O)c1. The van der Waals surface area contributed by atoms with Crippen LogP contribution in [0.2, 0.25) is 0 Å². The molecule has 2 N–H and O–H groups in total. The van der Waals surface area contributed by atoms with E-state index in [-0.39, 0.29) is 5.56 Å². The molecule has 0 aliphatic rings. The number of carboxylic acid groups (broad SMARTS) is 1. The molecule has 62 valence electrons. The summed E-state index contributed by atoms with van der Waals surface area (Å²) in [5.74, 6) is -0.960. The lowest BCUT2D eigenvalue weighted by Crippen LogP contribution is -1.99. The first kappa shape index (κ1) is 8.46. The zero-order valence-corrected chi connectivity index (χ0v) is 6.66. The third-order valence-corrected chi connectivity index (χ3v) is 1.54. The fourth-order valence-electron chi connectivity index (χ4n) is 0.885. The predicted octanol–water partition coefficient (Wildman–Crippen LogP) is 1.77. The largest absolute Gasteiger partial charge is 0.478 e. The lowest BCUT2D eigenvalue weighted by atomic mass is 10.1. The summed E-state index contributed by atoms with van der Waals surface area (Å²) in [6, 6.07) is 6.35. The maximum absolute atomic E-state index is 10.5. The summed E-state index contributed by atoms with van der Waals surface area (Å²) in [6.07, 6.45) is 0. The number of nitrogens with one attached hydrogen (secondary N) is 1. The zero-order valence-electron chi connectivity index (χ0n) is 6.66. The molecule has 12 heavy (non-hydrogen) atoms. The highest BCUT2D eigenvalue weighted by Crippen LogP contribution is 2.05. The van der Waals surface area contributed by atoms with Gasteiger partial charge in [-0.25, -0.2) is 4.79 Å². The number of benzene rings is 1. The molecule has 3 nitrogen and oxygen atoms in total. The quantitative estimate of drug-likeness (QED) is 0.652. The Morgan fingerprint density at radius 2 is 2.00 bits per heavy atom. The van der Waals surface area contributed by atoms with Crippen molar-refractivity contribution < 1.29 is 9.90 Å². The maximum atomic E-state index is 10.5. The summed E-state index contributed by atoms with van der Waals surface area (Å²) in [5, 5.41) is 15.9. The molecular formula is C9H9NO2. The molecule has 0 aliphatic carbocycles. The van der Waals surface area contributed by atoms with Crippen molar-refractivity contribution in [3.63, 3.8) is 0 Å². The molecule has 0 atom stereocenters. The maximum Gasteiger partial charge on any atom is 0.335 e. The first-order valence-electron chi connectivity index (χ1n) is 3.50. The minimum atomic E-state index is -0.960. The van der Waals surface area contributed by atoms with Crippen LogP contribution in [0.25, 0.3) is 0 Å². The van der Waals surface area contributed by atoms with Crippen molar-refractivity contribution in [3.8, 4) is 0 Å². The van der Waals surface area contributed by atoms with E-state index in [1.807, 2.05) is 0 Å². The van der Waals surface area contributed by atoms with Gasteiger partial charge < -0.3 is 10.5 Å². The van der Waals surface area contributed by atoms with Crippen molar-refractivity contribution in [3.05, 3.63) is 35.4 Å². The fraction of sp³-hybridized carbons (Fsp3) is 0.111. The van der Waals surface area contributed by atoms with Crippen LogP contribution >= 0.6 is 0 Å². The van der Waals surface area contributed by atoms with E-state index in [9.17, 15) is 4.79 Å². The Morgan fingerprint density at radius 1 is 1.42 bits per heavy atom. The van der Waals surface area contributed by atoms with Crippen LogP contribution in [0.1, 0.15) is 22.8 Å². The second-order valence-electron chi connectivity index (χ2n) is 2.51. The molecule has 1 aromatic carbocycles. The molecule has 0 saturated carbocycles. The second kappa shape index (κ2) is 3.17. The van der Waals surface area contributed by atoms with Gasteiger partial charge in [0.05, 0.1) is 5.56 Å². The van der Waals surface area contributed by atoms with E-state index in [4.69, 9.17) is 10.5 Å². The highest BCUT2D eigenvalue weighted by Gasteiger charge is 2.03. The second-order valence-corrected chi connectivity index (χ2v) is 2.51. The smallest absolute Gasteiger partial charge is 0.335 e. The molecule has 0 aromatic heterocycles. The van der Waals surface area contributed by atoms with Crippen LogP contribution < -0.4 is 0 Å².